The number of carbonyl (C=O) groups excluding carboxylic acids is 1. The molecule has 0 aliphatic rings. The third-order valence-corrected chi connectivity index (χ3v) is 3.98. The Morgan fingerprint density at radius 2 is 1.88 bits per heavy atom. The quantitative estimate of drug-likeness (QED) is 0.637. The first-order chi connectivity index (χ1) is 12.7. The van der Waals surface area contributed by atoms with Crippen LogP contribution in [0, 0.1) is 0 Å². The van der Waals surface area contributed by atoms with Crippen molar-refractivity contribution in [3.8, 4) is 0 Å². The number of hydrogen-bond donors (Lipinski definition) is 2. The molecule has 0 aliphatic carbocycles. The summed E-state index contributed by atoms with van der Waals surface area (Å²) in [4.78, 5) is 22.6. The molecule has 0 bridgehead atoms. The van der Waals surface area contributed by atoms with Gasteiger partial charge in [0.15, 0.2) is 0 Å². The zero-order chi connectivity index (χ0) is 18.8. The lowest BCUT2D eigenvalue weighted by molar-refractivity contribution is 0.0943. The zero-order valence-corrected chi connectivity index (χ0v) is 15.7. The summed E-state index contributed by atoms with van der Waals surface area (Å²) < 4.78 is 4.96. The second-order valence-electron chi connectivity index (χ2n) is 5.73. The largest absolute Gasteiger partial charge is 0.385 e. The van der Waals surface area contributed by atoms with Gasteiger partial charge in [-0.25, -0.2) is 9.97 Å². The molecule has 0 unspecified atom stereocenters. The molecule has 0 fully saturated rings. The summed E-state index contributed by atoms with van der Waals surface area (Å²) in [5.74, 6) is 0.362. The molecule has 7 nitrogen and oxygen atoms in total. The van der Waals surface area contributed by atoms with Crippen molar-refractivity contribution in [3.05, 3.63) is 42.4 Å². The van der Waals surface area contributed by atoms with E-state index in [1.54, 1.807) is 13.2 Å². The van der Waals surface area contributed by atoms with E-state index in [9.17, 15) is 4.79 Å². The van der Waals surface area contributed by atoms with Crippen molar-refractivity contribution >= 4 is 23.1 Å². The van der Waals surface area contributed by atoms with Gasteiger partial charge in [-0.05, 0) is 44.5 Å². The number of carbonyl (C=O) groups is 1. The molecule has 0 atom stereocenters. The number of methoxy groups -OCH3 is 1. The molecular weight excluding hydrogens is 330 g/mol. The van der Waals surface area contributed by atoms with Gasteiger partial charge >= 0.3 is 0 Å². The Kier molecular flexibility index (Phi) is 7.82. The Labute approximate surface area is 154 Å². The van der Waals surface area contributed by atoms with E-state index in [1.807, 2.05) is 12.1 Å². The van der Waals surface area contributed by atoms with Crippen molar-refractivity contribution in [1.82, 2.24) is 15.3 Å². The van der Waals surface area contributed by atoms with Crippen molar-refractivity contribution in [3.63, 3.8) is 0 Å². The molecular formula is C19H27N5O2. The fourth-order valence-corrected chi connectivity index (χ4v) is 2.55. The summed E-state index contributed by atoms with van der Waals surface area (Å²) in [6.07, 6.45) is 2.15. The minimum atomic E-state index is -0.219. The van der Waals surface area contributed by atoms with Crippen molar-refractivity contribution in [1.29, 1.82) is 0 Å². The van der Waals surface area contributed by atoms with Crippen molar-refractivity contribution < 1.29 is 9.53 Å². The van der Waals surface area contributed by atoms with Crippen molar-refractivity contribution in [2.45, 2.75) is 20.3 Å². The van der Waals surface area contributed by atoms with Crippen LogP contribution in [-0.2, 0) is 4.74 Å². The molecule has 2 aromatic rings. The van der Waals surface area contributed by atoms with Gasteiger partial charge in [0.1, 0.15) is 17.8 Å². The number of hydrogen-bond acceptors (Lipinski definition) is 6. The van der Waals surface area contributed by atoms with Gasteiger partial charge in [-0.1, -0.05) is 0 Å². The van der Waals surface area contributed by atoms with Crippen LogP contribution in [-0.4, -0.2) is 49.2 Å². The highest BCUT2D eigenvalue weighted by atomic mass is 16.5. The molecule has 26 heavy (non-hydrogen) atoms. The average molecular weight is 357 g/mol. The van der Waals surface area contributed by atoms with Crippen molar-refractivity contribution in [2.24, 2.45) is 0 Å². The summed E-state index contributed by atoms with van der Waals surface area (Å²) in [6.45, 7) is 7.37. The monoisotopic (exact) mass is 357 g/mol. The minimum absolute atomic E-state index is 0.219. The van der Waals surface area contributed by atoms with Gasteiger partial charge in [0.25, 0.3) is 5.91 Å². The molecule has 0 aliphatic heterocycles. The summed E-state index contributed by atoms with van der Waals surface area (Å²) in [5, 5.41) is 6.02. The molecule has 1 heterocycles. The minimum Gasteiger partial charge on any atom is -0.385 e. The van der Waals surface area contributed by atoms with Gasteiger partial charge in [0, 0.05) is 50.8 Å². The number of rotatable bonds is 10. The van der Waals surface area contributed by atoms with Crippen LogP contribution in [0.2, 0.25) is 0 Å². The molecule has 7 heteroatoms. The maximum Gasteiger partial charge on any atom is 0.270 e. The normalized spacial score (nSPS) is 10.4. The van der Waals surface area contributed by atoms with Crippen LogP contribution in [0.5, 0.6) is 0 Å². The van der Waals surface area contributed by atoms with Crippen molar-refractivity contribution in [2.75, 3.05) is 43.6 Å². The van der Waals surface area contributed by atoms with Gasteiger partial charge in [-0.3, -0.25) is 4.79 Å². The molecule has 1 amide bonds. The fourth-order valence-electron chi connectivity index (χ4n) is 2.55. The standard InChI is InChI=1S/C19H27N5O2/c1-4-24(5-2)16-9-7-15(8-10-16)23-18-13-17(21-14-22-18)19(25)20-11-6-12-26-3/h7-10,13-14H,4-6,11-12H2,1-3H3,(H,20,25)(H,21,22,23). The van der Waals surface area contributed by atoms with E-state index in [1.165, 1.54) is 12.0 Å². The molecule has 1 aromatic heterocycles. The number of ether oxygens (including phenoxy) is 1. The lowest BCUT2D eigenvalue weighted by Gasteiger charge is -2.21. The van der Waals surface area contributed by atoms with Crippen LogP contribution in [0.15, 0.2) is 36.7 Å². The predicted octanol–water partition coefficient (Wildman–Crippen LogP) is 2.83. The maximum atomic E-state index is 12.1. The lowest BCUT2D eigenvalue weighted by Crippen LogP contribution is -2.26. The summed E-state index contributed by atoms with van der Waals surface area (Å²) in [7, 11) is 1.64. The Morgan fingerprint density at radius 1 is 1.15 bits per heavy atom. The fraction of sp³-hybridized carbons (Fsp3) is 0.421. The molecule has 2 N–H and O–H groups in total. The van der Waals surface area contributed by atoms with E-state index < -0.39 is 0 Å². The Bertz CT molecular complexity index is 687. The topological polar surface area (TPSA) is 79.4 Å². The Morgan fingerprint density at radius 3 is 2.54 bits per heavy atom. The second kappa shape index (κ2) is 10.4. The van der Waals surface area contributed by atoms with Gasteiger partial charge in [-0.2, -0.15) is 0 Å². The summed E-state index contributed by atoms with van der Waals surface area (Å²) >= 11 is 0. The van der Waals surface area contributed by atoms with E-state index in [4.69, 9.17) is 4.74 Å². The van der Waals surface area contributed by atoms with Crippen LogP contribution in [0.1, 0.15) is 30.8 Å². The number of anilines is 3. The molecule has 1 aromatic carbocycles. The van der Waals surface area contributed by atoms with Crippen LogP contribution < -0.4 is 15.5 Å². The molecule has 0 saturated heterocycles. The van der Waals surface area contributed by atoms with Crippen LogP contribution in [0.3, 0.4) is 0 Å². The number of nitrogens with zero attached hydrogens (tertiary/aromatic N) is 3. The zero-order valence-electron chi connectivity index (χ0n) is 15.7. The smallest absolute Gasteiger partial charge is 0.270 e. The first-order valence-corrected chi connectivity index (χ1v) is 8.89. The molecule has 0 radical (unpaired) electrons. The summed E-state index contributed by atoms with van der Waals surface area (Å²) in [5.41, 5.74) is 2.42. The molecule has 0 spiro atoms. The Hall–Kier alpha value is -2.67. The summed E-state index contributed by atoms with van der Waals surface area (Å²) in [6, 6.07) is 9.78. The average Bonchev–Trinajstić information content (AvgIpc) is 2.67. The highest BCUT2D eigenvalue weighted by molar-refractivity contribution is 5.92. The van der Waals surface area contributed by atoms with Crippen LogP contribution in [0.4, 0.5) is 17.2 Å². The third kappa shape index (κ3) is 5.70. The highest BCUT2D eigenvalue weighted by Crippen LogP contribution is 2.20. The molecule has 0 saturated carbocycles. The first kappa shape index (κ1) is 19.7. The third-order valence-electron chi connectivity index (χ3n) is 3.98. The molecule has 140 valence electrons. The van der Waals surface area contributed by atoms with E-state index >= 15 is 0 Å². The number of nitrogens with one attached hydrogen (secondary N) is 2. The van der Waals surface area contributed by atoms with Crippen LogP contribution >= 0.6 is 0 Å². The van der Waals surface area contributed by atoms with Gasteiger partial charge in [0.2, 0.25) is 0 Å². The first-order valence-electron chi connectivity index (χ1n) is 8.89. The van der Waals surface area contributed by atoms with Gasteiger partial charge < -0.3 is 20.3 Å². The predicted molar refractivity (Wildman–Crippen MR) is 104 cm³/mol. The second-order valence-corrected chi connectivity index (χ2v) is 5.73. The maximum absolute atomic E-state index is 12.1. The number of amides is 1. The van der Waals surface area contributed by atoms with E-state index in [0.717, 1.165) is 25.2 Å². The Balaban J connectivity index is 1.98. The number of aromatic nitrogens is 2. The lowest BCUT2D eigenvalue weighted by atomic mass is 10.2. The van der Waals surface area contributed by atoms with Gasteiger partial charge in [0.05, 0.1) is 0 Å². The van der Waals surface area contributed by atoms with E-state index in [2.05, 4.69) is 51.5 Å². The number of benzene rings is 1. The highest BCUT2D eigenvalue weighted by Gasteiger charge is 2.08. The van der Waals surface area contributed by atoms with Crippen LogP contribution in [0.25, 0.3) is 0 Å². The van der Waals surface area contributed by atoms with E-state index in [-0.39, 0.29) is 5.91 Å². The SMILES string of the molecule is CCN(CC)c1ccc(Nc2cc(C(=O)NCCCOC)ncn2)cc1. The van der Waals surface area contributed by atoms with E-state index in [0.29, 0.717) is 24.7 Å². The van der Waals surface area contributed by atoms with Gasteiger partial charge in [-0.15, -0.1) is 0 Å². The molecule has 2 rings (SSSR count).